The highest BCUT2D eigenvalue weighted by atomic mass is 16.5. The van der Waals surface area contributed by atoms with Crippen LogP contribution in [0.4, 0.5) is 11.4 Å². The van der Waals surface area contributed by atoms with E-state index in [2.05, 4.69) is 11.9 Å². The Morgan fingerprint density at radius 2 is 2.28 bits per heavy atom. The third-order valence-electron chi connectivity index (χ3n) is 2.47. The van der Waals surface area contributed by atoms with Gasteiger partial charge in [0.1, 0.15) is 0 Å². The van der Waals surface area contributed by atoms with E-state index in [1.165, 1.54) is 6.92 Å². The van der Waals surface area contributed by atoms with Crippen LogP contribution in [0.3, 0.4) is 0 Å². The van der Waals surface area contributed by atoms with Crippen molar-refractivity contribution >= 4 is 17.2 Å². The predicted molar refractivity (Wildman–Crippen MR) is 75.0 cm³/mol. The number of ether oxygens (including phenoxy) is 1. The van der Waals surface area contributed by atoms with Gasteiger partial charge in [-0.15, -0.1) is 6.58 Å². The van der Waals surface area contributed by atoms with Crippen LogP contribution in [0.5, 0.6) is 0 Å². The second-order valence-electron chi connectivity index (χ2n) is 3.97. The summed E-state index contributed by atoms with van der Waals surface area (Å²) < 4.78 is 5.37. The molecule has 0 fully saturated rings. The largest absolute Gasteiger partial charge is 0.398 e. The number of hydrogen-bond donors (Lipinski definition) is 2. The second kappa shape index (κ2) is 7.50. The summed E-state index contributed by atoms with van der Waals surface area (Å²) in [6.45, 7) is 7.13. The van der Waals surface area contributed by atoms with Crippen molar-refractivity contribution in [1.82, 2.24) is 0 Å². The summed E-state index contributed by atoms with van der Waals surface area (Å²) in [5, 5.41) is 3.19. The lowest BCUT2D eigenvalue weighted by atomic mass is 10.1. The van der Waals surface area contributed by atoms with E-state index in [1.807, 2.05) is 12.1 Å². The number of nitrogens with two attached hydrogens (primary N) is 1. The van der Waals surface area contributed by atoms with Crippen molar-refractivity contribution in [2.75, 3.05) is 30.8 Å². The number of anilines is 2. The van der Waals surface area contributed by atoms with E-state index in [0.717, 1.165) is 12.1 Å². The average molecular weight is 248 g/mol. The molecule has 3 N–H and O–H groups in total. The van der Waals surface area contributed by atoms with Crippen LogP contribution in [0.25, 0.3) is 0 Å². The van der Waals surface area contributed by atoms with Crippen LogP contribution in [-0.4, -0.2) is 25.5 Å². The third kappa shape index (κ3) is 4.59. The van der Waals surface area contributed by atoms with E-state index in [9.17, 15) is 4.79 Å². The number of carbonyl (C=O) groups is 1. The van der Waals surface area contributed by atoms with Crippen molar-refractivity contribution in [3.05, 3.63) is 36.4 Å². The summed E-state index contributed by atoms with van der Waals surface area (Å²) in [6, 6.07) is 5.35. The first-order valence-electron chi connectivity index (χ1n) is 5.98. The van der Waals surface area contributed by atoms with Crippen LogP contribution in [0, 0.1) is 0 Å². The van der Waals surface area contributed by atoms with Crippen LogP contribution < -0.4 is 11.1 Å². The number of nitrogens with one attached hydrogen (secondary N) is 1. The third-order valence-corrected chi connectivity index (χ3v) is 2.47. The van der Waals surface area contributed by atoms with Gasteiger partial charge in [-0.2, -0.15) is 0 Å². The van der Waals surface area contributed by atoms with Crippen LogP contribution >= 0.6 is 0 Å². The standard InChI is InChI=1S/C14H20N2O2/c1-3-4-8-18-9-7-16-12-5-6-14(15)13(10-12)11(2)17/h3,5-6,10,16H,1,4,7-9,15H2,2H3. The monoisotopic (exact) mass is 248 g/mol. The molecule has 1 aromatic rings. The lowest BCUT2D eigenvalue weighted by Crippen LogP contribution is -2.10. The minimum atomic E-state index is -0.0293. The molecule has 1 rings (SSSR count). The summed E-state index contributed by atoms with van der Waals surface area (Å²) >= 11 is 0. The van der Waals surface area contributed by atoms with Gasteiger partial charge in [-0.05, 0) is 31.5 Å². The fraction of sp³-hybridized carbons (Fsp3) is 0.357. The quantitative estimate of drug-likeness (QED) is 0.321. The maximum Gasteiger partial charge on any atom is 0.161 e. The molecule has 0 unspecified atom stereocenters. The molecule has 0 amide bonds. The van der Waals surface area contributed by atoms with Gasteiger partial charge in [0.2, 0.25) is 0 Å². The molecule has 0 heterocycles. The lowest BCUT2D eigenvalue weighted by Gasteiger charge is -2.09. The number of hydrogen-bond acceptors (Lipinski definition) is 4. The van der Waals surface area contributed by atoms with E-state index in [1.54, 1.807) is 12.1 Å². The second-order valence-corrected chi connectivity index (χ2v) is 3.97. The molecule has 0 atom stereocenters. The lowest BCUT2D eigenvalue weighted by molar-refractivity contribution is 0.101. The smallest absolute Gasteiger partial charge is 0.161 e. The zero-order valence-electron chi connectivity index (χ0n) is 10.7. The Bertz CT molecular complexity index is 416. The number of nitrogen functional groups attached to an aromatic ring is 1. The van der Waals surface area contributed by atoms with E-state index >= 15 is 0 Å². The SMILES string of the molecule is C=CCCOCCNc1ccc(N)c(C(C)=O)c1. The molecule has 0 aliphatic heterocycles. The van der Waals surface area contributed by atoms with Crippen molar-refractivity contribution in [1.29, 1.82) is 0 Å². The molecular weight excluding hydrogens is 228 g/mol. The number of benzene rings is 1. The van der Waals surface area contributed by atoms with Crippen LogP contribution in [0.2, 0.25) is 0 Å². The van der Waals surface area contributed by atoms with Crippen LogP contribution in [0.1, 0.15) is 23.7 Å². The average Bonchev–Trinajstić information content (AvgIpc) is 2.35. The maximum absolute atomic E-state index is 11.3. The molecule has 0 aliphatic rings. The number of ketones is 1. The molecule has 0 saturated carbocycles. The molecule has 0 saturated heterocycles. The van der Waals surface area contributed by atoms with Crippen LogP contribution in [-0.2, 0) is 4.74 Å². The molecule has 4 heteroatoms. The Hall–Kier alpha value is -1.81. The summed E-state index contributed by atoms with van der Waals surface area (Å²) in [7, 11) is 0. The summed E-state index contributed by atoms with van der Waals surface area (Å²) in [6.07, 6.45) is 2.68. The Labute approximate surface area is 108 Å². The molecule has 4 nitrogen and oxygen atoms in total. The van der Waals surface area contributed by atoms with Crippen molar-refractivity contribution in [3.8, 4) is 0 Å². The van der Waals surface area contributed by atoms with Crippen LogP contribution in [0.15, 0.2) is 30.9 Å². The molecule has 18 heavy (non-hydrogen) atoms. The predicted octanol–water partition coefficient (Wildman–Crippen LogP) is 2.48. The fourth-order valence-electron chi connectivity index (χ4n) is 1.51. The van der Waals surface area contributed by atoms with Crippen molar-refractivity contribution in [3.63, 3.8) is 0 Å². The topological polar surface area (TPSA) is 64.3 Å². The van der Waals surface area contributed by atoms with Gasteiger partial charge in [0.15, 0.2) is 5.78 Å². The Morgan fingerprint density at radius 1 is 1.50 bits per heavy atom. The Balaban J connectivity index is 2.41. The van der Waals surface area contributed by atoms with E-state index in [0.29, 0.717) is 31.0 Å². The summed E-state index contributed by atoms with van der Waals surface area (Å²) in [4.78, 5) is 11.3. The molecule has 0 aromatic heterocycles. The zero-order valence-corrected chi connectivity index (χ0v) is 10.7. The highest BCUT2D eigenvalue weighted by molar-refractivity contribution is 5.99. The van der Waals surface area contributed by atoms with Gasteiger partial charge in [-0.25, -0.2) is 0 Å². The minimum Gasteiger partial charge on any atom is -0.398 e. The van der Waals surface area contributed by atoms with Gasteiger partial charge >= 0.3 is 0 Å². The van der Waals surface area contributed by atoms with E-state index < -0.39 is 0 Å². The molecule has 0 radical (unpaired) electrons. The Kier molecular flexibility index (Phi) is 5.94. The number of rotatable bonds is 8. The molecular formula is C14H20N2O2. The van der Waals surface area contributed by atoms with Crippen molar-refractivity contribution in [2.24, 2.45) is 0 Å². The first-order valence-corrected chi connectivity index (χ1v) is 5.98. The summed E-state index contributed by atoms with van der Waals surface area (Å²) in [5.74, 6) is -0.0293. The molecule has 0 aliphatic carbocycles. The highest BCUT2D eigenvalue weighted by Gasteiger charge is 2.05. The normalized spacial score (nSPS) is 10.1. The molecule has 1 aromatic carbocycles. The minimum absolute atomic E-state index is 0.0293. The van der Waals surface area contributed by atoms with E-state index in [-0.39, 0.29) is 5.78 Å². The first-order chi connectivity index (χ1) is 8.65. The van der Waals surface area contributed by atoms with Gasteiger partial charge in [0.25, 0.3) is 0 Å². The van der Waals surface area contributed by atoms with E-state index in [4.69, 9.17) is 10.5 Å². The van der Waals surface area contributed by atoms with Gasteiger partial charge < -0.3 is 15.8 Å². The number of carbonyl (C=O) groups excluding carboxylic acids is 1. The first kappa shape index (κ1) is 14.3. The molecule has 0 spiro atoms. The molecule has 0 bridgehead atoms. The van der Waals surface area contributed by atoms with Gasteiger partial charge in [0, 0.05) is 23.5 Å². The van der Waals surface area contributed by atoms with Gasteiger partial charge in [-0.1, -0.05) is 6.08 Å². The Morgan fingerprint density at radius 3 is 2.94 bits per heavy atom. The highest BCUT2D eigenvalue weighted by Crippen LogP contribution is 2.18. The number of Topliss-reactive ketones (excluding diaryl/α,β-unsaturated/α-hetero) is 1. The van der Waals surface area contributed by atoms with Crippen molar-refractivity contribution in [2.45, 2.75) is 13.3 Å². The van der Waals surface area contributed by atoms with Crippen molar-refractivity contribution < 1.29 is 9.53 Å². The zero-order chi connectivity index (χ0) is 13.4. The summed E-state index contributed by atoms with van der Waals surface area (Å²) in [5.41, 5.74) is 7.65. The fourth-order valence-corrected chi connectivity index (χ4v) is 1.51. The van der Waals surface area contributed by atoms with Gasteiger partial charge in [-0.3, -0.25) is 4.79 Å². The maximum atomic E-state index is 11.3. The van der Waals surface area contributed by atoms with Gasteiger partial charge in [0.05, 0.1) is 13.2 Å². The molecule has 98 valence electrons.